The summed E-state index contributed by atoms with van der Waals surface area (Å²) >= 11 is 6.23. The molecule has 3 N–H and O–H groups in total. The summed E-state index contributed by atoms with van der Waals surface area (Å²) in [5.74, 6) is 0.141. The highest BCUT2D eigenvalue weighted by Crippen LogP contribution is 2.34. The number of fused-ring (bicyclic) bond motifs is 2. The van der Waals surface area contributed by atoms with Crippen molar-refractivity contribution in [2.45, 2.75) is 38.4 Å². The second-order valence-electron chi connectivity index (χ2n) is 8.58. The standard InChI is InChI=1S/C25H28ClFN4O3/c1-2-34-23-11-17(22(12-21(23)26)29-25(28)33)5-10-24(32)31-19-8-9-20(31)15-30(14-19)13-16-3-6-18(27)7-4-16/h3-7,10-12,19-20H,2,8-9,13-15H2,1H3,(H3,28,29,33)/b10-5+. The molecular formula is C25H28ClFN4O3. The topological polar surface area (TPSA) is 87.9 Å². The smallest absolute Gasteiger partial charge is 0.316 e. The van der Waals surface area contributed by atoms with Crippen molar-refractivity contribution < 1.29 is 18.7 Å². The molecule has 0 radical (unpaired) electrons. The summed E-state index contributed by atoms with van der Waals surface area (Å²) in [7, 11) is 0. The van der Waals surface area contributed by atoms with Crippen molar-refractivity contribution in [2.75, 3.05) is 25.0 Å². The Hall–Kier alpha value is -3.10. The third kappa shape index (κ3) is 5.51. The quantitative estimate of drug-likeness (QED) is 0.572. The molecule has 2 fully saturated rings. The maximum absolute atomic E-state index is 13.2. The van der Waals surface area contributed by atoms with E-state index in [-0.39, 0.29) is 23.8 Å². The molecule has 2 aromatic carbocycles. The highest BCUT2D eigenvalue weighted by Gasteiger charge is 2.41. The Kier molecular flexibility index (Phi) is 7.38. The molecule has 2 bridgehead atoms. The minimum atomic E-state index is -0.725. The Bertz CT molecular complexity index is 1080. The first kappa shape index (κ1) is 24.0. The molecule has 2 aliphatic rings. The molecule has 0 aliphatic carbocycles. The summed E-state index contributed by atoms with van der Waals surface area (Å²) < 4.78 is 18.7. The Morgan fingerprint density at radius 2 is 1.88 bits per heavy atom. The molecular weight excluding hydrogens is 459 g/mol. The Morgan fingerprint density at radius 1 is 1.21 bits per heavy atom. The van der Waals surface area contributed by atoms with Crippen LogP contribution in [-0.2, 0) is 11.3 Å². The molecule has 34 heavy (non-hydrogen) atoms. The Morgan fingerprint density at radius 3 is 2.50 bits per heavy atom. The number of anilines is 1. The van der Waals surface area contributed by atoms with Gasteiger partial charge in [0.15, 0.2) is 0 Å². The van der Waals surface area contributed by atoms with Crippen molar-refractivity contribution in [1.29, 1.82) is 0 Å². The van der Waals surface area contributed by atoms with Crippen LogP contribution in [0.3, 0.4) is 0 Å². The number of likely N-dealkylation sites (tertiary alicyclic amines) is 1. The van der Waals surface area contributed by atoms with E-state index in [0.29, 0.717) is 28.6 Å². The number of nitrogens with zero attached hydrogens (tertiary/aromatic N) is 2. The van der Waals surface area contributed by atoms with Gasteiger partial charge in [0.25, 0.3) is 0 Å². The molecule has 7 nitrogen and oxygen atoms in total. The lowest BCUT2D eigenvalue weighted by atomic mass is 10.1. The fraction of sp³-hybridized carbons (Fsp3) is 0.360. The highest BCUT2D eigenvalue weighted by molar-refractivity contribution is 6.32. The first-order valence-corrected chi connectivity index (χ1v) is 11.7. The van der Waals surface area contributed by atoms with Crippen LogP contribution in [0.25, 0.3) is 6.08 Å². The molecule has 180 valence electrons. The van der Waals surface area contributed by atoms with Crippen LogP contribution in [-0.4, -0.2) is 53.5 Å². The lowest BCUT2D eigenvalue weighted by molar-refractivity contribution is -0.131. The molecule has 2 aromatic rings. The van der Waals surface area contributed by atoms with E-state index in [0.717, 1.165) is 38.0 Å². The maximum Gasteiger partial charge on any atom is 0.316 e. The number of carbonyl (C=O) groups is 2. The van der Waals surface area contributed by atoms with Crippen LogP contribution in [0.2, 0.25) is 5.02 Å². The molecule has 0 spiro atoms. The Balaban J connectivity index is 1.47. The number of primary amides is 1. The van der Waals surface area contributed by atoms with Gasteiger partial charge in [-0.15, -0.1) is 0 Å². The van der Waals surface area contributed by atoms with Crippen molar-refractivity contribution in [2.24, 2.45) is 5.73 Å². The molecule has 0 aromatic heterocycles. The van der Waals surface area contributed by atoms with Crippen molar-refractivity contribution >= 4 is 35.3 Å². The number of nitrogens with one attached hydrogen (secondary N) is 1. The van der Waals surface area contributed by atoms with E-state index in [1.807, 2.05) is 11.8 Å². The lowest BCUT2D eigenvalue weighted by Crippen LogP contribution is -2.55. The van der Waals surface area contributed by atoms with E-state index < -0.39 is 6.03 Å². The van der Waals surface area contributed by atoms with E-state index in [9.17, 15) is 14.0 Å². The predicted molar refractivity (Wildman–Crippen MR) is 130 cm³/mol. The second-order valence-corrected chi connectivity index (χ2v) is 8.98. The van der Waals surface area contributed by atoms with Crippen LogP contribution >= 0.6 is 11.6 Å². The summed E-state index contributed by atoms with van der Waals surface area (Å²) in [6.07, 6.45) is 5.07. The molecule has 2 unspecified atom stereocenters. The predicted octanol–water partition coefficient (Wildman–Crippen LogP) is 4.26. The molecule has 3 amide bonds. The molecule has 2 heterocycles. The third-order valence-corrected chi connectivity index (χ3v) is 6.49. The summed E-state index contributed by atoms with van der Waals surface area (Å²) in [6.45, 7) is 4.55. The summed E-state index contributed by atoms with van der Waals surface area (Å²) in [6, 6.07) is 9.32. The van der Waals surface area contributed by atoms with E-state index in [2.05, 4.69) is 10.2 Å². The normalized spacial score (nSPS) is 20.0. The molecule has 2 aliphatic heterocycles. The maximum atomic E-state index is 13.2. The molecule has 2 saturated heterocycles. The number of rotatable bonds is 7. The van der Waals surface area contributed by atoms with Gasteiger partial charge >= 0.3 is 6.03 Å². The summed E-state index contributed by atoms with van der Waals surface area (Å²) in [5.41, 5.74) is 7.32. The number of nitrogens with two attached hydrogens (primary N) is 1. The first-order valence-electron chi connectivity index (χ1n) is 11.3. The van der Waals surface area contributed by atoms with Crippen LogP contribution in [0.4, 0.5) is 14.9 Å². The Labute approximate surface area is 203 Å². The number of piperazine rings is 1. The monoisotopic (exact) mass is 486 g/mol. The number of halogens is 2. The number of urea groups is 1. The lowest BCUT2D eigenvalue weighted by Gasteiger charge is -2.40. The van der Waals surface area contributed by atoms with E-state index >= 15 is 0 Å². The number of benzene rings is 2. The summed E-state index contributed by atoms with van der Waals surface area (Å²) in [4.78, 5) is 28.9. The van der Waals surface area contributed by atoms with Crippen LogP contribution < -0.4 is 15.8 Å². The van der Waals surface area contributed by atoms with Crippen molar-refractivity contribution in [1.82, 2.24) is 9.80 Å². The number of ether oxygens (including phenoxy) is 1. The number of hydrogen-bond acceptors (Lipinski definition) is 4. The zero-order chi connectivity index (χ0) is 24.2. The van der Waals surface area contributed by atoms with E-state index in [1.165, 1.54) is 18.2 Å². The number of carbonyl (C=O) groups excluding carboxylic acids is 2. The SMILES string of the molecule is CCOc1cc(/C=C/C(=O)N2C3CCC2CN(Cc2ccc(F)cc2)C3)c(NC(N)=O)cc1Cl. The molecule has 9 heteroatoms. The van der Waals surface area contributed by atoms with Gasteiger partial charge in [-0.05, 0) is 55.7 Å². The number of hydrogen-bond donors (Lipinski definition) is 2. The van der Waals surface area contributed by atoms with Gasteiger partial charge in [-0.2, -0.15) is 0 Å². The van der Waals surface area contributed by atoms with Gasteiger partial charge in [0.2, 0.25) is 5.91 Å². The van der Waals surface area contributed by atoms with Gasteiger partial charge in [-0.1, -0.05) is 23.7 Å². The van der Waals surface area contributed by atoms with Gasteiger partial charge < -0.3 is 20.7 Å². The highest BCUT2D eigenvalue weighted by atomic mass is 35.5. The van der Waals surface area contributed by atoms with Gasteiger partial charge in [0.05, 0.1) is 17.3 Å². The summed E-state index contributed by atoms with van der Waals surface area (Å²) in [5, 5.41) is 2.88. The van der Waals surface area contributed by atoms with E-state index in [1.54, 1.807) is 30.3 Å². The van der Waals surface area contributed by atoms with Crippen LogP contribution in [0.5, 0.6) is 5.75 Å². The second kappa shape index (κ2) is 10.4. The average molecular weight is 487 g/mol. The fourth-order valence-electron chi connectivity index (χ4n) is 4.79. The zero-order valence-corrected chi connectivity index (χ0v) is 19.7. The molecule has 2 atom stereocenters. The zero-order valence-electron chi connectivity index (χ0n) is 19.0. The van der Waals surface area contributed by atoms with E-state index in [4.69, 9.17) is 22.1 Å². The first-order chi connectivity index (χ1) is 16.3. The van der Waals surface area contributed by atoms with Gasteiger partial charge in [-0.3, -0.25) is 9.69 Å². The van der Waals surface area contributed by atoms with Crippen molar-refractivity contribution in [3.63, 3.8) is 0 Å². The van der Waals surface area contributed by atoms with Crippen LogP contribution in [0.1, 0.15) is 30.9 Å². The third-order valence-electron chi connectivity index (χ3n) is 6.20. The van der Waals surface area contributed by atoms with Gasteiger partial charge in [0, 0.05) is 43.4 Å². The molecule has 0 saturated carbocycles. The van der Waals surface area contributed by atoms with Crippen LogP contribution in [0.15, 0.2) is 42.5 Å². The minimum absolute atomic E-state index is 0.0770. The van der Waals surface area contributed by atoms with Crippen molar-refractivity contribution in [3.05, 3.63) is 64.4 Å². The average Bonchev–Trinajstić information content (AvgIpc) is 3.06. The van der Waals surface area contributed by atoms with Gasteiger partial charge in [-0.25, -0.2) is 9.18 Å². The number of amides is 3. The van der Waals surface area contributed by atoms with Gasteiger partial charge in [0.1, 0.15) is 11.6 Å². The fourth-order valence-corrected chi connectivity index (χ4v) is 5.01. The van der Waals surface area contributed by atoms with Crippen LogP contribution in [0, 0.1) is 5.82 Å². The van der Waals surface area contributed by atoms with Crippen molar-refractivity contribution in [3.8, 4) is 5.75 Å². The largest absolute Gasteiger partial charge is 0.492 e. The molecule has 4 rings (SSSR count). The minimum Gasteiger partial charge on any atom is -0.492 e.